The number of hydrogen-bond donors (Lipinski definition) is 0. The van der Waals surface area contributed by atoms with E-state index in [-0.39, 0.29) is 28.8 Å². The number of ether oxygens (including phenoxy) is 1. The Labute approximate surface area is 173 Å². The van der Waals surface area contributed by atoms with Crippen molar-refractivity contribution in [2.24, 2.45) is 22.2 Å². The Balaban J connectivity index is 1.30. The Bertz CT molecular complexity index is 921. The second-order valence-corrected chi connectivity index (χ2v) is 10.8. The summed E-state index contributed by atoms with van der Waals surface area (Å²) in [6.45, 7) is 4.76. The monoisotopic (exact) mass is 444 g/mol. The fourth-order valence-electron chi connectivity index (χ4n) is 7.01. The van der Waals surface area contributed by atoms with Crippen LogP contribution < -0.4 is 0 Å². The molecular formula is C22H25BrN2O3. The first kappa shape index (κ1) is 18.3. The molecule has 2 aromatic rings. The number of esters is 1. The molecule has 1 aromatic carbocycles. The molecular weight excluding hydrogens is 420 g/mol. The summed E-state index contributed by atoms with van der Waals surface area (Å²) >= 11 is 3.49. The van der Waals surface area contributed by atoms with Crippen LogP contribution in [0.25, 0.3) is 11.5 Å². The van der Waals surface area contributed by atoms with Crippen molar-refractivity contribution in [3.8, 4) is 11.5 Å². The topological polar surface area (TPSA) is 65.2 Å². The van der Waals surface area contributed by atoms with E-state index in [1.54, 1.807) is 0 Å². The third-order valence-electron chi connectivity index (χ3n) is 6.96. The van der Waals surface area contributed by atoms with Crippen molar-refractivity contribution >= 4 is 21.9 Å². The Hall–Kier alpha value is -1.69. The highest BCUT2D eigenvalue weighted by molar-refractivity contribution is 9.10. The van der Waals surface area contributed by atoms with Crippen LogP contribution in [0.1, 0.15) is 58.3 Å². The normalized spacial score (nSPS) is 35.9. The molecule has 1 heterocycles. The van der Waals surface area contributed by atoms with Crippen molar-refractivity contribution in [3.05, 3.63) is 34.6 Å². The van der Waals surface area contributed by atoms with Gasteiger partial charge in [-0.05, 0) is 83.3 Å². The van der Waals surface area contributed by atoms with E-state index in [1.165, 1.54) is 19.3 Å². The van der Waals surface area contributed by atoms with E-state index in [9.17, 15) is 4.79 Å². The van der Waals surface area contributed by atoms with Crippen LogP contribution in [0.2, 0.25) is 0 Å². The maximum absolute atomic E-state index is 13.2. The molecule has 4 saturated carbocycles. The van der Waals surface area contributed by atoms with Gasteiger partial charge in [-0.1, -0.05) is 26.0 Å². The van der Waals surface area contributed by atoms with Gasteiger partial charge in [0.2, 0.25) is 5.89 Å². The second kappa shape index (κ2) is 6.15. The summed E-state index contributed by atoms with van der Waals surface area (Å²) in [6.07, 6.45) is 6.65. The summed E-state index contributed by atoms with van der Waals surface area (Å²) < 4.78 is 12.4. The molecule has 4 bridgehead atoms. The van der Waals surface area contributed by atoms with Crippen molar-refractivity contribution in [1.82, 2.24) is 10.2 Å². The highest BCUT2D eigenvalue weighted by Crippen LogP contribution is 2.69. The van der Waals surface area contributed by atoms with Gasteiger partial charge < -0.3 is 9.15 Å². The Morgan fingerprint density at radius 1 is 1.14 bits per heavy atom. The van der Waals surface area contributed by atoms with E-state index < -0.39 is 0 Å². The largest absolute Gasteiger partial charge is 0.455 e. The predicted octanol–water partition coefficient (Wildman–Crippen LogP) is 5.54. The molecule has 28 heavy (non-hydrogen) atoms. The summed E-state index contributed by atoms with van der Waals surface area (Å²) in [4.78, 5) is 13.2. The lowest BCUT2D eigenvalue weighted by Gasteiger charge is -2.64. The standard InChI is InChI=1S/C22H25BrN2O3/c1-20-7-14-8-21(2,11-20)13-22(9-14,12-20)19(26)27-10-17-24-25-18(28-17)15-5-3-4-6-16(15)23/h3-6,14H,7-13H2,1-2H3/t14?,20-,21+,22?. The zero-order chi connectivity index (χ0) is 19.6. The van der Waals surface area contributed by atoms with Crippen molar-refractivity contribution in [2.45, 2.75) is 59.0 Å². The van der Waals surface area contributed by atoms with Gasteiger partial charge in [0.05, 0.1) is 11.0 Å². The Morgan fingerprint density at radius 2 is 1.86 bits per heavy atom. The van der Waals surface area contributed by atoms with Crippen LogP contribution >= 0.6 is 15.9 Å². The highest BCUT2D eigenvalue weighted by Gasteiger charge is 2.63. The van der Waals surface area contributed by atoms with Crippen LogP contribution in [0.3, 0.4) is 0 Å². The third-order valence-corrected chi connectivity index (χ3v) is 7.65. The van der Waals surface area contributed by atoms with Gasteiger partial charge in [0.1, 0.15) is 0 Å². The van der Waals surface area contributed by atoms with Crippen molar-refractivity contribution in [2.75, 3.05) is 0 Å². The molecule has 0 amide bonds. The first-order valence-electron chi connectivity index (χ1n) is 10.0. The molecule has 148 valence electrons. The molecule has 6 rings (SSSR count). The summed E-state index contributed by atoms with van der Waals surface area (Å²) in [5.41, 5.74) is 1.07. The maximum Gasteiger partial charge on any atom is 0.312 e. The summed E-state index contributed by atoms with van der Waals surface area (Å²) in [5.74, 6) is 1.34. The molecule has 4 aliphatic rings. The lowest BCUT2D eigenvalue weighted by molar-refractivity contribution is -0.192. The minimum atomic E-state index is -0.325. The first-order chi connectivity index (χ1) is 13.3. The molecule has 4 atom stereocenters. The lowest BCUT2D eigenvalue weighted by Crippen LogP contribution is -2.58. The SMILES string of the molecule is C[C@]12CC3CC(C(=O)OCc4nnc(-c5ccccc5Br)o4)(C1)C[C@@](C)(C3)C2. The number of carbonyl (C=O) groups excluding carboxylic acids is 1. The average Bonchev–Trinajstić information content (AvgIpc) is 3.05. The van der Waals surface area contributed by atoms with Crippen molar-refractivity contribution in [1.29, 1.82) is 0 Å². The molecule has 0 N–H and O–H groups in total. The van der Waals surface area contributed by atoms with E-state index in [2.05, 4.69) is 40.0 Å². The molecule has 1 aromatic heterocycles. The molecule has 0 spiro atoms. The van der Waals surface area contributed by atoms with Gasteiger partial charge in [-0.25, -0.2) is 0 Å². The molecule has 0 aliphatic heterocycles. The fourth-order valence-corrected chi connectivity index (χ4v) is 7.47. The fraction of sp³-hybridized carbons (Fsp3) is 0.591. The van der Waals surface area contributed by atoms with Crippen LogP contribution in [-0.4, -0.2) is 16.2 Å². The van der Waals surface area contributed by atoms with Crippen LogP contribution in [0.4, 0.5) is 0 Å². The molecule has 4 aliphatic carbocycles. The molecule has 0 radical (unpaired) electrons. The van der Waals surface area contributed by atoms with Crippen LogP contribution in [0, 0.1) is 22.2 Å². The van der Waals surface area contributed by atoms with Gasteiger partial charge >= 0.3 is 5.97 Å². The van der Waals surface area contributed by atoms with Gasteiger partial charge in [-0.3, -0.25) is 4.79 Å². The van der Waals surface area contributed by atoms with Crippen LogP contribution in [-0.2, 0) is 16.1 Å². The van der Waals surface area contributed by atoms with E-state index >= 15 is 0 Å². The van der Waals surface area contributed by atoms with Gasteiger partial charge in [-0.15, -0.1) is 10.2 Å². The predicted molar refractivity (Wildman–Crippen MR) is 107 cm³/mol. The maximum atomic E-state index is 13.2. The van der Waals surface area contributed by atoms with E-state index in [1.807, 2.05) is 24.3 Å². The smallest absolute Gasteiger partial charge is 0.312 e. The number of carbonyl (C=O) groups is 1. The quantitative estimate of drug-likeness (QED) is 0.579. The van der Waals surface area contributed by atoms with Gasteiger partial charge in [0.25, 0.3) is 5.89 Å². The minimum Gasteiger partial charge on any atom is -0.455 e. The van der Waals surface area contributed by atoms with Gasteiger partial charge in [-0.2, -0.15) is 0 Å². The van der Waals surface area contributed by atoms with Crippen molar-refractivity contribution < 1.29 is 13.9 Å². The molecule has 4 fully saturated rings. The van der Waals surface area contributed by atoms with E-state index in [0.717, 1.165) is 29.3 Å². The van der Waals surface area contributed by atoms with Gasteiger partial charge in [0.15, 0.2) is 6.61 Å². The number of aromatic nitrogens is 2. The number of benzene rings is 1. The minimum absolute atomic E-state index is 0.0378. The van der Waals surface area contributed by atoms with Crippen molar-refractivity contribution in [3.63, 3.8) is 0 Å². The average molecular weight is 445 g/mol. The van der Waals surface area contributed by atoms with E-state index in [0.29, 0.717) is 17.7 Å². The third kappa shape index (κ3) is 3.00. The molecule has 2 unspecified atom stereocenters. The zero-order valence-electron chi connectivity index (χ0n) is 16.3. The number of hydrogen-bond acceptors (Lipinski definition) is 5. The summed E-state index contributed by atoms with van der Waals surface area (Å²) in [6, 6.07) is 7.68. The highest BCUT2D eigenvalue weighted by atomic mass is 79.9. The Kier molecular flexibility index (Phi) is 4.03. The number of halogens is 1. The summed E-state index contributed by atoms with van der Waals surface area (Å²) in [5, 5.41) is 8.17. The first-order valence-corrected chi connectivity index (χ1v) is 10.8. The van der Waals surface area contributed by atoms with Crippen LogP contribution in [0.15, 0.2) is 33.2 Å². The lowest BCUT2D eigenvalue weighted by atomic mass is 9.40. The molecule has 5 nitrogen and oxygen atoms in total. The zero-order valence-corrected chi connectivity index (χ0v) is 17.9. The molecule has 6 heteroatoms. The van der Waals surface area contributed by atoms with Gasteiger partial charge in [0, 0.05) is 4.47 Å². The molecule has 0 saturated heterocycles. The summed E-state index contributed by atoms with van der Waals surface area (Å²) in [7, 11) is 0. The number of nitrogens with zero attached hydrogens (tertiary/aromatic N) is 2. The Morgan fingerprint density at radius 3 is 2.54 bits per heavy atom. The van der Waals surface area contributed by atoms with Crippen LogP contribution in [0.5, 0.6) is 0 Å². The number of rotatable bonds is 4. The second-order valence-electron chi connectivity index (χ2n) is 9.97. The van der Waals surface area contributed by atoms with E-state index in [4.69, 9.17) is 9.15 Å².